The Bertz CT molecular complexity index is 1460. The van der Waals surface area contributed by atoms with E-state index in [1.165, 1.54) is 0 Å². The summed E-state index contributed by atoms with van der Waals surface area (Å²) in [7, 11) is 3.82. The number of Topliss-reactive ketones (excluding diaryl/α,β-unsaturated/α-hetero) is 1. The monoisotopic (exact) mass is 562 g/mol. The zero-order valence-electron chi connectivity index (χ0n) is 23.4. The standard InChI is InChI=1S/C32H35ClN2O5/c1-18-11-13-23(38-4)28-26(18)31-16-17-34(3)19(2)20(31)12-14-24(29(31)40-28)39-30(37)35-22-9-7-8-21(33)27(22)32(35)15-6-5-10-25(32)36/h7-9,11-14,19-20,24,29H,5-6,10,15-17H2,1-4H3/t19-,20+,24+,29+,31+,32?/m1/s1. The highest BCUT2D eigenvalue weighted by atomic mass is 35.5. The van der Waals surface area contributed by atoms with Gasteiger partial charge in [0.1, 0.15) is 11.6 Å². The molecule has 6 atom stereocenters. The fourth-order valence-electron chi connectivity index (χ4n) is 8.39. The van der Waals surface area contributed by atoms with Crippen molar-refractivity contribution in [1.82, 2.24) is 4.90 Å². The van der Waals surface area contributed by atoms with Gasteiger partial charge in [-0.3, -0.25) is 9.69 Å². The number of anilines is 1. The first-order valence-corrected chi connectivity index (χ1v) is 14.7. The Balaban J connectivity index is 1.29. The van der Waals surface area contributed by atoms with E-state index in [1.54, 1.807) is 18.1 Å². The highest BCUT2D eigenvalue weighted by Gasteiger charge is 2.64. The zero-order valence-corrected chi connectivity index (χ0v) is 24.2. The second-order valence-electron chi connectivity index (χ2n) is 12.1. The Kier molecular flexibility index (Phi) is 5.82. The summed E-state index contributed by atoms with van der Waals surface area (Å²) in [6.07, 6.45) is 6.15. The zero-order chi connectivity index (χ0) is 28.0. The van der Waals surface area contributed by atoms with Crippen LogP contribution in [0.25, 0.3) is 0 Å². The van der Waals surface area contributed by atoms with Crippen LogP contribution in [-0.4, -0.2) is 55.7 Å². The number of fused-ring (bicyclic) bond motifs is 3. The number of amides is 1. The molecule has 2 aromatic rings. The molecule has 1 unspecified atom stereocenters. The first-order chi connectivity index (χ1) is 19.3. The van der Waals surface area contributed by atoms with Gasteiger partial charge in [-0.15, -0.1) is 0 Å². The molecular weight excluding hydrogens is 528 g/mol. The Morgan fingerprint density at radius 2 is 1.95 bits per heavy atom. The molecule has 40 heavy (non-hydrogen) atoms. The highest BCUT2D eigenvalue weighted by molar-refractivity contribution is 6.33. The average molecular weight is 563 g/mol. The summed E-state index contributed by atoms with van der Waals surface area (Å²) in [5, 5.41) is 0.522. The molecule has 3 aliphatic heterocycles. The fraction of sp³-hybridized carbons (Fsp3) is 0.500. The normalized spacial score (nSPS) is 33.8. The molecule has 1 saturated carbocycles. The van der Waals surface area contributed by atoms with Gasteiger partial charge in [0.05, 0.1) is 12.8 Å². The van der Waals surface area contributed by atoms with Gasteiger partial charge in [-0.1, -0.05) is 29.8 Å². The Hall–Kier alpha value is -3.03. The maximum Gasteiger partial charge on any atom is 0.416 e. The lowest BCUT2D eigenvalue weighted by Crippen LogP contribution is -2.65. The summed E-state index contributed by atoms with van der Waals surface area (Å²) in [5.41, 5.74) is 2.30. The van der Waals surface area contributed by atoms with Crippen LogP contribution in [-0.2, 0) is 20.5 Å². The minimum absolute atomic E-state index is 0.0287. The number of ketones is 1. The van der Waals surface area contributed by atoms with Crippen molar-refractivity contribution in [3.8, 4) is 11.5 Å². The molecule has 0 bridgehead atoms. The third-order valence-electron chi connectivity index (χ3n) is 10.4. The molecule has 0 radical (unpaired) electrons. The van der Waals surface area contributed by atoms with Crippen molar-refractivity contribution in [2.75, 3.05) is 25.6 Å². The van der Waals surface area contributed by atoms with E-state index in [2.05, 4.69) is 37.9 Å². The summed E-state index contributed by atoms with van der Waals surface area (Å²) in [6.45, 7) is 5.28. The van der Waals surface area contributed by atoms with E-state index < -0.39 is 23.8 Å². The molecule has 3 heterocycles. The number of aryl methyl sites for hydroxylation is 1. The number of likely N-dealkylation sites (tertiary alicyclic amines) is 1. The minimum Gasteiger partial charge on any atom is -0.493 e. The van der Waals surface area contributed by atoms with Crippen molar-refractivity contribution >= 4 is 29.2 Å². The maximum atomic E-state index is 14.1. The number of piperidine rings is 1. The minimum atomic E-state index is -1.05. The number of nitrogens with zero attached hydrogens (tertiary/aromatic N) is 2. The second kappa shape index (κ2) is 8.98. The predicted octanol–water partition coefficient (Wildman–Crippen LogP) is 5.93. The van der Waals surface area contributed by atoms with Gasteiger partial charge in [0.2, 0.25) is 0 Å². The third-order valence-corrected chi connectivity index (χ3v) is 10.7. The molecule has 0 N–H and O–H groups in total. The maximum absolute atomic E-state index is 14.1. The van der Waals surface area contributed by atoms with Gasteiger partial charge in [-0.25, -0.2) is 4.79 Å². The van der Waals surface area contributed by atoms with Gasteiger partial charge in [0.15, 0.2) is 23.4 Å². The lowest BCUT2D eigenvalue weighted by molar-refractivity contribution is -0.127. The Labute approximate surface area is 240 Å². The van der Waals surface area contributed by atoms with Crippen molar-refractivity contribution in [1.29, 1.82) is 0 Å². The molecule has 8 heteroatoms. The molecule has 2 aliphatic carbocycles. The van der Waals surface area contributed by atoms with Gasteiger partial charge in [0, 0.05) is 39.9 Å². The Morgan fingerprint density at radius 3 is 2.73 bits per heavy atom. The van der Waals surface area contributed by atoms with Crippen molar-refractivity contribution in [2.45, 2.75) is 75.2 Å². The smallest absolute Gasteiger partial charge is 0.416 e. The van der Waals surface area contributed by atoms with E-state index in [0.717, 1.165) is 48.2 Å². The molecule has 2 aromatic carbocycles. The van der Waals surface area contributed by atoms with E-state index in [1.807, 2.05) is 24.3 Å². The SMILES string of the molecule is COc1ccc(C)c2c1O[C@H]1[C@@H](OC(=O)N3c4cccc(Cl)c4C34CCCCC4=O)C=C[C@H]3[C@@H](C)N(C)CC[C@@]231. The summed E-state index contributed by atoms with van der Waals surface area (Å²) in [5.74, 6) is 1.64. The molecule has 2 spiro atoms. The van der Waals surface area contributed by atoms with Crippen LogP contribution in [0.3, 0.4) is 0 Å². The largest absolute Gasteiger partial charge is 0.493 e. The molecule has 1 amide bonds. The third kappa shape index (κ3) is 3.16. The first kappa shape index (κ1) is 25.9. The summed E-state index contributed by atoms with van der Waals surface area (Å²) in [6, 6.07) is 9.77. The molecule has 210 valence electrons. The second-order valence-corrected chi connectivity index (χ2v) is 12.5. The first-order valence-electron chi connectivity index (χ1n) is 14.3. The summed E-state index contributed by atoms with van der Waals surface area (Å²) < 4.78 is 18.9. The van der Waals surface area contributed by atoms with Crippen molar-refractivity contribution < 1.29 is 23.8 Å². The van der Waals surface area contributed by atoms with Gasteiger partial charge in [0.25, 0.3) is 0 Å². The van der Waals surface area contributed by atoms with Crippen LogP contribution < -0.4 is 14.4 Å². The molecule has 5 aliphatic rings. The molecule has 7 nitrogen and oxygen atoms in total. The van der Waals surface area contributed by atoms with Crippen LogP contribution in [0.15, 0.2) is 42.5 Å². The number of methoxy groups -OCH3 is 1. The predicted molar refractivity (Wildman–Crippen MR) is 153 cm³/mol. The van der Waals surface area contributed by atoms with Crippen LogP contribution in [0.2, 0.25) is 5.02 Å². The molecular formula is C32H35ClN2O5. The van der Waals surface area contributed by atoms with E-state index in [-0.39, 0.29) is 23.2 Å². The number of hydrogen-bond acceptors (Lipinski definition) is 6. The number of carbonyl (C=O) groups excluding carboxylic acids is 2. The highest BCUT2D eigenvalue weighted by Crippen LogP contribution is 2.61. The Morgan fingerprint density at radius 1 is 1.12 bits per heavy atom. The van der Waals surface area contributed by atoms with Gasteiger partial charge in [-0.2, -0.15) is 0 Å². The van der Waals surface area contributed by atoms with E-state index in [4.69, 9.17) is 25.8 Å². The van der Waals surface area contributed by atoms with Crippen LogP contribution in [0.4, 0.5) is 10.5 Å². The number of rotatable bonds is 2. The van der Waals surface area contributed by atoms with Crippen LogP contribution in [0.5, 0.6) is 11.5 Å². The van der Waals surface area contributed by atoms with Crippen molar-refractivity contribution in [2.24, 2.45) is 5.92 Å². The van der Waals surface area contributed by atoms with Crippen LogP contribution in [0.1, 0.15) is 55.7 Å². The van der Waals surface area contributed by atoms with Crippen molar-refractivity contribution in [3.63, 3.8) is 0 Å². The average Bonchev–Trinajstić information content (AvgIpc) is 3.28. The lowest BCUT2D eigenvalue weighted by Gasteiger charge is -2.55. The quantitative estimate of drug-likeness (QED) is 0.423. The molecule has 1 saturated heterocycles. The van der Waals surface area contributed by atoms with E-state index in [0.29, 0.717) is 29.3 Å². The summed E-state index contributed by atoms with van der Waals surface area (Å²) >= 11 is 6.61. The van der Waals surface area contributed by atoms with Gasteiger partial charge >= 0.3 is 6.09 Å². The number of ether oxygens (including phenoxy) is 3. The van der Waals surface area contributed by atoms with E-state index in [9.17, 15) is 9.59 Å². The lowest BCUT2D eigenvalue weighted by atomic mass is 9.57. The number of carbonyl (C=O) groups is 2. The van der Waals surface area contributed by atoms with Gasteiger partial charge < -0.3 is 19.1 Å². The number of benzene rings is 2. The van der Waals surface area contributed by atoms with Crippen LogP contribution in [0, 0.1) is 12.8 Å². The molecule has 2 fully saturated rings. The van der Waals surface area contributed by atoms with Crippen molar-refractivity contribution in [3.05, 3.63) is 64.2 Å². The topological polar surface area (TPSA) is 68.3 Å². The fourth-order valence-corrected chi connectivity index (χ4v) is 8.71. The van der Waals surface area contributed by atoms with Crippen LogP contribution >= 0.6 is 11.6 Å². The summed E-state index contributed by atoms with van der Waals surface area (Å²) in [4.78, 5) is 31.5. The molecule has 0 aromatic heterocycles. The van der Waals surface area contributed by atoms with E-state index >= 15 is 0 Å². The molecule has 7 rings (SSSR count). The number of hydrogen-bond donors (Lipinski definition) is 0. The number of halogens is 1. The van der Waals surface area contributed by atoms with Gasteiger partial charge in [-0.05, 0) is 83.0 Å².